The van der Waals surface area contributed by atoms with E-state index in [1.807, 2.05) is 0 Å². The number of nitrogens with one attached hydrogen (secondary N) is 1. The van der Waals surface area contributed by atoms with Gasteiger partial charge in [-0.15, -0.1) is 0 Å². The van der Waals surface area contributed by atoms with Crippen molar-refractivity contribution in [3.63, 3.8) is 0 Å². The predicted octanol–water partition coefficient (Wildman–Crippen LogP) is 2.99. The summed E-state index contributed by atoms with van der Waals surface area (Å²) in [6.07, 6.45) is 0. The fraction of sp³-hybridized carbons (Fsp3) is 0.182. The van der Waals surface area contributed by atoms with Crippen LogP contribution in [0.3, 0.4) is 0 Å². The number of sulfonamides is 1. The van der Waals surface area contributed by atoms with E-state index in [1.165, 1.54) is 12.1 Å². The lowest BCUT2D eigenvalue weighted by molar-refractivity contribution is 0.430. The number of aryl methyl sites for hydroxylation is 1. The second kappa shape index (κ2) is 4.93. The van der Waals surface area contributed by atoms with Crippen LogP contribution in [0.5, 0.6) is 0 Å². The van der Waals surface area contributed by atoms with Gasteiger partial charge in [0.05, 0.1) is 15.1 Å². The van der Waals surface area contributed by atoms with E-state index >= 15 is 0 Å². The highest BCUT2D eigenvalue weighted by Crippen LogP contribution is 2.24. The van der Waals surface area contributed by atoms with E-state index in [0.717, 1.165) is 6.07 Å². The first-order valence-electron chi connectivity index (χ1n) is 5.22. The SMILES string of the molecule is Cc1noc(NS(=O)(=O)c2ccc(Br)c(F)c2)c1C. The van der Waals surface area contributed by atoms with Crippen LogP contribution in [0.4, 0.5) is 10.3 Å². The van der Waals surface area contributed by atoms with Crippen molar-refractivity contribution in [1.82, 2.24) is 5.16 Å². The number of hydrogen-bond donors (Lipinski definition) is 1. The van der Waals surface area contributed by atoms with Crippen LogP contribution in [0, 0.1) is 19.7 Å². The molecule has 1 aromatic heterocycles. The molecule has 0 bridgehead atoms. The maximum atomic E-state index is 13.4. The summed E-state index contributed by atoms with van der Waals surface area (Å²) in [4.78, 5) is -0.193. The van der Waals surface area contributed by atoms with E-state index in [0.29, 0.717) is 11.3 Å². The molecule has 1 heterocycles. The van der Waals surface area contributed by atoms with Crippen molar-refractivity contribution in [2.24, 2.45) is 0 Å². The molecule has 2 rings (SSSR count). The zero-order valence-electron chi connectivity index (χ0n) is 10.1. The Bertz CT molecular complexity index is 728. The van der Waals surface area contributed by atoms with Crippen molar-refractivity contribution >= 4 is 31.8 Å². The monoisotopic (exact) mass is 348 g/mol. The van der Waals surface area contributed by atoms with Gasteiger partial charge in [0.1, 0.15) is 5.82 Å². The molecule has 0 radical (unpaired) electrons. The van der Waals surface area contributed by atoms with Gasteiger partial charge in [-0.1, -0.05) is 5.16 Å². The lowest BCUT2D eigenvalue weighted by Crippen LogP contribution is -2.13. The molecule has 1 N–H and O–H groups in total. The van der Waals surface area contributed by atoms with Crippen molar-refractivity contribution in [2.75, 3.05) is 4.72 Å². The summed E-state index contributed by atoms with van der Waals surface area (Å²) in [6, 6.07) is 3.53. The van der Waals surface area contributed by atoms with E-state index < -0.39 is 15.8 Å². The first-order chi connectivity index (χ1) is 8.81. The molecule has 0 amide bonds. The second-order valence-electron chi connectivity index (χ2n) is 3.90. The maximum Gasteiger partial charge on any atom is 0.264 e. The lowest BCUT2D eigenvalue weighted by atomic mass is 10.3. The van der Waals surface area contributed by atoms with Gasteiger partial charge in [-0.05, 0) is 48.0 Å². The molecule has 0 saturated heterocycles. The van der Waals surface area contributed by atoms with Crippen LogP contribution < -0.4 is 4.72 Å². The molecule has 0 fully saturated rings. The lowest BCUT2D eigenvalue weighted by Gasteiger charge is -2.06. The van der Waals surface area contributed by atoms with Crippen molar-refractivity contribution in [2.45, 2.75) is 18.7 Å². The van der Waals surface area contributed by atoms with Gasteiger partial charge >= 0.3 is 0 Å². The predicted molar refractivity (Wildman–Crippen MR) is 70.9 cm³/mol. The van der Waals surface area contributed by atoms with Crippen LogP contribution in [0.25, 0.3) is 0 Å². The van der Waals surface area contributed by atoms with Gasteiger partial charge in [0.15, 0.2) is 0 Å². The highest BCUT2D eigenvalue weighted by atomic mass is 79.9. The fourth-order valence-corrected chi connectivity index (χ4v) is 2.64. The standard InChI is InChI=1S/C11H10BrFN2O3S/c1-6-7(2)14-18-11(6)15-19(16,17)8-3-4-9(12)10(13)5-8/h3-5,15H,1-2H3. The Kier molecular flexibility index (Phi) is 3.64. The minimum absolute atomic E-state index is 0.0285. The Morgan fingerprint density at radius 3 is 2.58 bits per heavy atom. The largest absolute Gasteiger partial charge is 0.337 e. The first kappa shape index (κ1) is 14.0. The van der Waals surface area contributed by atoms with E-state index in [-0.39, 0.29) is 15.3 Å². The number of anilines is 1. The Morgan fingerprint density at radius 1 is 1.37 bits per heavy atom. The third kappa shape index (κ3) is 2.79. The van der Waals surface area contributed by atoms with Crippen molar-refractivity contribution in [1.29, 1.82) is 0 Å². The normalized spacial score (nSPS) is 11.6. The van der Waals surface area contributed by atoms with E-state index in [4.69, 9.17) is 4.52 Å². The molecule has 8 heteroatoms. The summed E-state index contributed by atoms with van der Waals surface area (Å²) in [5.41, 5.74) is 1.17. The maximum absolute atomic E-state index is 13.4. The minimum Gasteiger partial charge on any atom is -0.337 e. The van der Waals surface area contributed by atoms with Gasteiger partial charge in [0.25, 0.3) is 10.0 Å². The van der Waals surface area contributed by atoms with Crippen LogP contribution in [0.15, 0.2) is 32.1 Å². The highest BCUT2D eigenvalue weighted by Gasteiger charge is 2.20. The number of aromatic nitrogens is 1. The van der Waals surface area contributed by atoms with Gasteiger partial charge < -0.3 is 4.52 Å². The number of benzene rings is 1. The zero-order chi connectivity index (χ0) is 14.2. The van der Waals surface area contributed by atoms with Crippen LogP contribution in [0.2, 0.25) is 0 Å². The Balaban J connectivity index is 2.37. The molecule has 0 unspecified atom stereocenters. The molecule has 102 valence electrons. The molecular formula is C11H10BrFN2O3S. The first-order valence-corrected chi connectivity index (χ1v) is 7.49. The molecule has 0 aliphatic carbocycles. The third-order valence-electron chi connectivity index (χ3n) is 2.59. The zero-order valence-corrected chi connectivity index (χ0v) is 12.5. The number of rotatable bonds is 3. The Labute approximate surface area is 118 Å². The van der Waals surface area contributed by atoms with Crippen LogP contribution >= 0.6 is 15.9 Å². The van der Waals surface area contributed by atoms with Crippen molar-refractivity contribution in [3.8, 4) is 0 Å². The number of nitrogens with zero attached hydrogens (tertiary/aromatic N) is 1. The summed E-state index contributed by atoms with van der Waals surface area (Å²) >= 11 is 2.96. The van der Waals surface area contributed by atoms with Gasteiger partial charge in [-0.3, -0.25) is 0 Å². The average molecular weight is 349 g/mol. The molecule has 2 aromatic rings. The Morgan fingerprint density at radius 2 is 2.05 bits per heavy atom. The van der Waals surface area contributed by atoms with Crippen LogP contribution in [-0.2, 0) is 10.0 Å². The van der Waals surface area contributed by atoms with Crippen molar-refractivity contribution in [3.05, 3.63) is 39.7 Å². The van der Waals surface area contributed by atoms with Crippen LogP contribution in [-0.4, -0.2) is 13.6 Å². The number of hydrogen-bond acceptors (Lipinski definition) is 4. The fourth-order valence-electron chi connectivity index (χ4n) is 1.34. The molecule has 0 atom stereocenters. The van der Waals surface area contributed by atoms with Crippen LogP contribution in [0.1, 0.15) is 11.3 Å². The van der Waals surface area contributed by atoms with Gasteiger partial charge in [0.2, 0.25) is 5.88 Å². The summed E-state index contributed by atoms with van der Waals surface area (Å²) in [7, 11) is -3.91. The molecule has 0 aliphatic rings. The summed E-state index contributed by atoms with van der Waals surface area (Å²) in [5.74, 6) is -0.630. The minimum atomic E-state index is -3.91. The molecule has 0 aliphatic heterocycles. The third-order valence-corrected chi connectivity index (χ3v) is 4.56. The highest BCUT2D eigenvalue weighted by molar-refractivity contribution is 9.10. The summed E-state index contributed by atoms with van der Waals surface area (Å²) < 4.78 is 44.7. The summed E-state index contributed by atoms with van der Waals surface area (Å²) in [5, 5.41) is 3.64. The van der Waals surface area contributed by atoms with Crippen molar-refractivity contribution < 1.29 is 17.3 Å². The quantitative estimate of drug-likeness (QED) is 0.925. The van der Waals surface area contributed by atoms with Gasteiger partial charge in [-0.25, -0.2) is 17.5 Å². The molecule has 19 heavy (non-hydrogen) atoms. The topological polar surface area (TPSA) is 72.2 Å². The second-order valence-corrected chi connectivity index (χ2v) is 6.44. The molecule has 1 aromatic carbocycles. The average Bonchev–Trinajstić information content (AvgIpc) is 2.64. The molecule has 0 spiro atoms. The van der Waals surface area contributed by atoms with Gasteiger partial charge in [-0.2, -0.15) is 0 Å². The van der Waals surface area contributed by atoms with E-state index in [2.05, 4.69) is 25.8 Å². The van der Waals surface area contributed by atoms with Gasteiger partial charge in [0, 0.05) is 5.56 Å². The Hall–Kier alpha value is -1.41. The molecule has 5 nitrogen and oxygen atoms in total. The van der Waals surface area contributed by atoms with E-state index in [1.54, 1.807) is 13.8 Å². The summed E-state index contributed by atoms with van der Waals surface area (Å²) in [6.45, 7) is 3.36. The number of halogens is 2. The van der Waals surface area contributed by atoms with E-state index in [9.17, 15) is 12.8 Å². The molecular weight excluding hydrogens is 339 g/mol. The smallest absolute Gasteiger partial charge is 0.264 e. The molecule has 0 saturated carbocycles.